The summed E-state index contributed by atoms with van der Waals surface area (Å²) >= 11 is 5.91. The number of nitro groups is 1. The third-order valence-electron chi connectivity index (χ3n) is 3.76. The van der Waals surface area contributed by atoms with E-state index in [1.807, 2.05) is 0 Å². The molecular formula is C19H18ClF3N2O5. The van der Waals surface area contributed by atoms with Crippen LogP contribution in [-0.4, -0.2) is 28.7 Å². The van der Waals surface area contributed by atoms with Crippen molar-refractivity contribution in [1.82, 2.24) is 0 Å². The van der Waals surface area contributed by atoms with E-state index in [9.17, 15) is 28.5 Å². The number of alkyl halides is 3. The fourth-order valence-corrected chi connectivity index (χ4v) is 2.62. The van der Waals surface area contributed by atoms with Gasteiger partial charge in [0.1, 0.15) is 11.5 Å². The molecule has 2 aromatic carbocycles. The van der Waals surface area contributed by atoms with Gasteiger partial charge in [-0.05, 0) is 36.2 Å². The monoisotopic (exact) mass is 446 g/mol. The molecule has 0 spiro atoms. The molecule has 0 aliphatic carbocycles. The summed E-state index contributed by atoms with van der Waals surface area (Å²) < 4.78 is 49.3. The number of benzene rings is 2. The van der Waals surface area contributed by atoms with E-state index in [1.54, 1.807) is 13.8 Å². The predicted molar refractivity (Wildman–Crippen MR) is 103 cm³/mol. The normalized spacial score (nSPS) is 13.4. The van der Waals surface area contributed by atoms with Crippen molar-refractivity contribution >= 4 is 17.3 Å². The zero-order chi connectivity index (χ0) is 22.5. The molecule has 0 aromatic heterocycles. The van der Waals surface area contributed by atoms with Crippen LogP contribution in [-0.2, 0) is 10.9 Å². The van der Waals surface area contributed by atoms with Crippen LogP contribution in [0.1, 0.15) is 25.0 Å². The van der Waals surface area contributed by atoms with E-state index in [-0.39, 0.29) is 34.6 Å². The second kappa shape index (κ2) is 9.77. The molecular weight excluding hydrogens is 429 g/mol. The van der Waals surface area contributed by atoms with Gasteiger partial charge >= 0.3 is 12.4 Å². The molecule has 162 valence electrons. The van der Waals surface area contributed by atoms with Crippen molar-refractivity contribution in [2.24, 2.45) is 11.1 Å². The summed E-state index contributed by atoms with van der Waals surface area (Å²) in [5.74, 6) is -0.160. The first-order chi connectivity index (χ1) is 14.0. The second-order valence-corrected chi connectivity index (χ2v) is 7.00. The molecule has 0 aliphatic rings. The number of hydrogen-bond acceptors (Lipinski definition) is 6. The van der Waals surface area contributed by atoms with Crippen molar-refractivity contribution < 1.29 is 32.8 Å². The molecule has 0 radical (unpaired) electrons. The number of nitrogens with zero attached hydrogens (tertiary/aromatic N) is 2. The van der Waals surface area contributed by atoms with Crippen LogP contribution in [0.5, 0.6) is 11.5 Å². The SMILES string of the molecule is CC(C)COC(/C(=N\O)c1ccccc1Oc1ccc(C(F)(F)F)cc1Cl)[N+](=O)[O-]. The van der Waals surface area contributed by atoms with Gasteiger partial charge in [0.05, 0.1) is 27.7 Å². The fraction of sp³-hybridized carbons (Fsp3) is 0.316. The highest BCUT2D eigenvalue weighted by atomic mass is 35.5. The fourth-order valence-electron chi connectivity index (χ4n) is 2.41. The zero-order valence-electron chi connectivity index (χ0n) is 15.9. The Morgan fingerprint density at radius 1 is 1.23 bits per heavy atom. The molecule has 1 unspecified atom stereocenters. The van der Waals surface area contributed by atoms with Gasteiger partial charge in [-0.15, -0.1) is 0 Å². The topological polar surface area (TPSA) is 94.2 Å². The van der Waals surface area contributed by atoms with Crippen molar-refractivity contribution in [2.45, 2.75) is 26.3 Å². The largest absolute Gasteiger partial charge is 0.455 e. The summed E-state index contributed by atoms with van der Waals surface area (Å²) in [7, 11) is 0. The molecule has 0 aliphatic heterocycles. The smallest absolute Gasteiger partial charge is 0.416 e. The minimum atomic E-state index is -4.58. The highest BCUT2D eigenvalue weighted by molar-refractivity contribution is 6.32. The number of oxime groups is 1. The molecule has 0 amide bonds. The van der Waals surface area contributed by atoms with E-state index in [4.69, 9.17) is 21.1 Å². The summed E-state index contributed by atoms with van der Waals surface area (Å²) in [5, 5.41) is 23.6. The Morgan fingerprint density at radius 3 is 2.43 bits per heavy atom. The molecule has 0 saturated heterocycles. The van der Waals surface area contributed by atoms with Crippen molar-refractivity contribution in [1.29, 1.82) is 0 Å². The minimum Gasteiger partial charge on any atom is -0.455 e. The van der Waals surface area contributed by atoms with Crippen LogP contribution in [0, 0.1) is 16.0 Å². The third-order valence-corrected chi connectivity index (χ3v) is 4.06. The molecule has 0 saturated carbocycles. The lowest BCUT2D eigenvalue weighted by atomic mass is 10.1. The highest BCUT2D eigenvalue weighted by Gasteiger charge is 2.33. The molecule has 11 heteroatoms. The summed E-state index contributed by atoms with van der Waals surface area (Å²) in [4.78, 5) is 10.7. The van der Waals surface area contributed by atoms with Crippen LogP contribution in [0.3, 0.4) is 0 Å². The maximum Gasteiger partial charge on any atom is 0.416 e. The zero-order valence-corrected chi connectivity index (χ0v) is 16.6. The van der Waals surface area contributed by atoms with Gasteiger partial charge in [0, 0.05) is 0 Å². The Bertz CT molecular complexity index is 935. The molecule has 1 atom stereocenters. The van der Waals surface area contributed by atoms with Crippen molar-refractivity contribution in [3.8, 4) is 11.5 Å². The van der Waals surface area contributed by atoms with Crippen molar-refractivity contribution in [2.75, 3.05) is 6.61 Å². The van der Waals surface area contributed by atoms with Crippen LogP contribution >= 0.6 is 11.6 Å². The standard InChI is InChI=1S/C19H18ClF3N2O5/c1-11(2)10-29-18(25(27)28)17(24-26)13-5-3-4-6-15(13)30-16-8-7-12(9-14(16)20)19(21,22)23/h3-9,11,18,26H,10H2,1-2H3/b24-17-. The van der Waals surface area contributed by atoms with Gasteiger partial charge in [-0.25, -0.2) is 0 Å². The Labute approximate surface area is 174 Å². The van der Waals surface area contributed by atoms with E-state index >= 15 is 0 Å². The van der Waals surface area contributed by atoms with Gasteiger partial charge < -0.3 is 14.7 Å². The number of hydrogen-bond donors (Lipinski definition) is 1. The summed E-state index contributed by atoms with van der Waals surface area (Å²) in [6.45, 7) is 3.60. The van der Waals surface area contributed by atoms with Gasteiger partial charge in [0.2, 0.25) is 0 Å². The maximum absolute atomic E-state index is 12.8. The Kier molecular flexibility index (Phi) is 7.63. The van der Waals surface area contributed by atoms with E-state index in [2.05, 4.69) is 5.16 Å². The molecule has 0 heterocycles. The van der Waals surface area contributed by atoms with Gasteiger partial charge in [0.15, 0.2) is 5.71 Å². The number of halogens is 4. The number of ether oxygens (including phenoxy) is 2. The second-order valence-electron chi connectivity index (χ2n) is 6.59. The average Bonchev–Trinajstić information content (AvgIpc) is 2.66. The van der Waals surface area contributed by atoms with Crippen molar-refractivity contribution in [3.05, 3.63) is 68.7 Å². The average molecular weight is 447 g/mol. The van der Waals surface area contributed by atoms with E-state index in [0.717, 1.165) is 12.1 Å². The molecule has 0 bridgehead atoms. The van der Waals surface area contributed by atoms with Crippen LogP contribution < -0.4 is 4.74 Å². The van der Waals surface area contributed by atoms with Crippen LogP contribution in [0.25, 0.3) is 0 Å². The summed E-state index contributed by atoms with van der Waals surface area (Å²) in [6, 6.07) is 8.34. The van der Waals surface area contributed by atoms with Crippen LogP contribution in [0.4, 0.5) is 13.2 Å². The molecule has 1 N–H and O–H groups in total. The Hall–Kier alpha value is -2.85. The Balaban J connectivity index is 2.40. The predicted octanol–water partition coefficient (Wildman–Crippen LogP) is 5.60. The van der Waals surface area contributed by atoms with E-state index < -0.39 is 28.6 Å². The van der Waals surface area contributed by atoms with Crippen LogP contribution in [0.15, 0.2) is 47.6 Å². The lowest BCUT2D eigenvalue weighted by molar-refractivity contribution is -0.554. The van der Waals surface area contributed by atoms with Crippen LogP contribution in [0.2, 0.25) is 5.02 Å². The summed E-state index contributed by atoms with van der Waals surface area (Å²) in [5.41, 5.74) is -1.37. The first-order valence-electron chi connectivity index (χ1n) is 8.65. The van der Waals surface area contributed by atoms with Gasteiger partial charge in [-0.1, -0.05) is 42.7 Å². The highest BCUT2D eigenvalue weighted by Crippen LogP contribution is 2.37. The van der Waals surface area contributed by atoms with Gasteiger partial charge in [-0.3, -0.25) is 10.1 Å². The molecule has 2 aromatic rings. The summed E-state index contributed by atoms with van der Waals surface area (Å²) in [6.07, 6.45) is -6.37. The minimum absolute atomic E-state index is 0.0152. The van der Waals surface area contributed by atoms with E-state index in [0.29, 0.717) is 6.07 Å². The van der Waals surface area contributed by atoms with Gasteiger partial charge in [-0.2, -0.15) is 13.2 Å². The number of para-hydroxylation sites is 1. The third kappa shape index (κ3) is 5.83. The maximum atomic E-state index is 12.8. The molecule has 0 fully saturated rings. The first-order valence-corrected chi connectivity index (χ1v) is 9.03. The van der Waals surface area contributed by atoms with Crippen molar-refractivity contribution in [3.63, 3.8) is 0 Å². The molecule has 7 nitrogen and oxygen atoms in total. The first kappa shape index (κ1) is 23.4. The number of rotatable bonds is 8. The van der Waals surface area contributed by atoms with Gasteiger partial charge in [0.25, 0.3) is 0 Å². The Morgan fingerprint density at radius 2 is 1.90 bits per heavy atom. The lowest BCUT2D eigenvalue weighted by Crippen LogP contribution is -2.34. The quantitative estimate of drug-likeness (QED) is 0.187. The molecule has 30 heavy (non-hydrogen) atoms. The van der Waals surface area contributed by atoms with E-state index in [1.165, 1.54) is 24.3 Å². The lowest BCUT2D eigenvalue weighted by Gasteiger charge is -2.17. The molecule has 2 rings (SSSR count).